The van der Waals surface area contributed by atoms with Crippen LogP contribution < -0.4 is 5.32 Å². The Morgan fingerprint density at radius 3 is 2.33 bits per heavy atom. The van der Waals surface area contributed by atoms with Crippen molar-refractivity contribution in [2.24, 2.45) is 17.8 Å². The van der Waals surface area contributed by atoms with Crippen LogP contribution in [0.15, 0.2) is 0 Å². The minimum absolute atomic E-state index is 0.933. The van der Waals surface area contributed by atoms with Crippen molar-refractivity contribution in [3.05, 3.63) is 0 Å². The van der Waals surface area contributed by atoms with Crippen LogP contribution in [0.2, 0.25) is 0 Å². The Morgan fingerprint density at radius 2 is 1.80 bits per heavy atom. The highest BCUT2D eigenvalue weighted by molar-refractivity contribution is 4.97. The fraction of sp³-hybridized carbons (Fsp3) is 1.00. The molecule has 2 heteroatoms. The Morgan fingerprint density at radius 1 is 1.07 bits per heavy atom. The van der Waals surface area contributed by atoms with E-state index in [0.29, 0.717) is 0 Å². The second-order valence-corrected chi connectivity index (χ2v) is 5.87. The van der Waals surface area contributed by atoms with Gasteiger partial charge in [-0.2, -0.15) is 0 Å². The zero-order valence-electron chi connectivity index (χ0n) is 9.91. The third-order valence-electron chi connectivity index (χ3n) is 5.07. The summed E-state index contributed by atoms with van der Waals surface area (Å²) in [4.78, 5) is 2.82. The maximum absolute atomic E-state index is 3.35. The number of likely N-dealkylation sites (tertiary alicyclic amines) is 1. The Kier molecular flexibility index (Phi) is 2.73. The van der Waals surface area contributed by atoms with Crippen molar-refractivity contribution >= 4 is 0 Å². The molecule has 86 valence electrons. The number of fused-ring (bicyclic) bond motifs is 1. The molecule has 1 saturated heterocycles. The average Bonchev–Trinajstić information content (AvgIpc) is 2.72. The van der Waals surface area contributed by atoms with Crippen molar-refractivity contribution < 1.29 is 0 Å². The molecule has 0 aromatic rings. The predicted molar refractivity (Wildman–Crippen MR) is 62.8 cm³/mol. The first kappa shape index (κ1) is 10.1. The van der Waals surface area contributed by atoms with Gasteiger partial charge >= 0.3 is 0 Å². The molecule has 4 atom stereocenters. The number of nitrogens with zero attached hydrogens (tertiary/aromatic N) is 1. The van der Waals surface area contributed by atoms with Crippen LogP contribution in [0, 0.1) is 17.8 Å². The van der Waals surface area contributed by atoms with E-state index in [1.165, 1.54) is 51.7 Å². The molecule has 1 heterocycles. The molecule has 0 aromatic heterocycles. The van der Waals surface area contributed by atoms with Gasteiger partial charge in [0.25, 0.3) is 0 Å². The van der Waals surface area contributed by atoms with E-state index >= 15 is 0 Å². The van der Waals surface area contributed by atoms with Crippen LogP contribution in [0.1, 0.15) is 32.1 Å². The molecular formula is C13H24N2. The lowest BCUT2D eigenvalue weighted by molar-refractivity contribution is 0.0765. The Balaban J connectivity index is 1.56. The summed E-state index contributed by atoms with van der Waals surface area (Å²) in [5.74, 6) is 3.09. The van der Waals surface area contributed by atoms with Gasteiger partial charge in [-0.3, -0.25) is 4.90 Å². The highest BCUT2D eigenvalue weighted by atomic mass is 15.2. The van der Waals surface area contributed by atoms with Crippen molar-refractivity contribution in [1.82, 2.24) is 10.2 Å². The van der Waals surface area contributed by atoms with E-state index in [-0.39, 0.29) is 0 Å². The average molecular weight is 208 g/mol. The van der Waals surface area contributed by atoms with Gasteiger partial charge in [-0.15, -0.1) is 0 Å². The summed E-state index contributed by atoms with van der Waals surface area (Å²) < 4.78 is 0. The summed E-state index contributed by atoms with van der Waals surface area (Å²) in [6, 6.07) is 0.933. The van der Waals surface area contributed by atoms with Crippen LogP contribution in [0.5, 0.6) is 0 Å². The smallest absolute Gasteiger partial charge is 0.0136 e. The lowest BCUT2D eigenvalue weighted by Gasteiger charge is -2.43. The molecule has 4 unspecified atom stereocenters. The van der Waals surface area contributed by atoms with Crippen molar-refractivity contribution in [3.8, 4) is 0 Å². The van der Waals surface area contributed by atoms with Crippen molar-refractivity contribution in [1.29, 1.82) is 0 Å². The van der Waals surface area contributed by atoms with Crippen LogP contribution >= 0.6 is 0 Å². The fourth-order valence-electron chi connectivity index (χ4n) is 4.07. The third-order valence-corrected chi connectivity index (χ3v) is 5.07. The number of nitrogens with one attached hydrogen (secondary N) is 1. The van der Waals surface area contributed by atoms with E-state index < -0.39 is 0 Å². The molecule has 1 N–H and O–H groups in total. The number of hydrogen-bond acceptors (Lipinski definition) is 2. The molecule has 15 heavy (non-hydrogen) atoms. The van der Waals surface area contributed by atoms with Crippen LogP contribution in [0.4, 0.5) is 0 Å². The normalized spacial score (nSPS) is 45.4. The van der Waals surface area contributed by atoms with Crippen molar-refractivity contribution in [3.63, 3.8) is 0 Å². The zero-order chi connectivity index (χ0) is 10.3. The molecule has 3 aliphatic rings. The van der Waals surface area contributed by atoms with Crippen LogP contribution in [-0.4, -0.2) is 37.6 Å². The zero-order valence-corrected chi connectivity index (χ0v) is 9.91. The summed E-state index contributed by atoms with van der Waals surface area (Å²) in [6.45, 7) is 4.08. The maximum atomic E-state index is 3.35. The van der Waals surface area contributed by atoms with Crippen LogP contribution in [0.25, 0.3) is 0 Å². The van der Waals surface area contributed by atoms with E-state index in [2.05, 4.69) is 17.3 Å². The van der Waals surface area contributed by atoms with Gasteiger partial charge in [-0.1, -0.05) is 6.42 Å². The van der Waals surface area contributed by atoms with Gasteiger partial charge in [0, 0.05) is 19.1 Å². The largest absolute Gasteiger partial charge is 0.319 e. The van der Waals surface area contributed by atoms with Crippen molar-refractivity contribution in [2.75, 3.05) is 26.7 Å². The second-order valence-electron chi connectivity index (χ2n) is 5.87. The van der Waals surface area contributed by atoms with Gasteiger partial charge in [0.2, 0.25) is 0 Å². The van der Waals surface area contributed by atoms with E-state index in [4.69, 9.17) is 0 Å². The van der Waals surface area contributed by atoms with E-state index in [0.717, 1.165) is 23.8 Å². The molecule has 0 bridgehead atoms. The van der Waals surface area contributed by atoms with Gasteiger partial charge in [0.1, 0.15) is 0 Å². The monoisotopic (exact) mass is 208 g/mol. The number of rotatable bonds is 3. The van der Waals surface area contributed by atoms with Gasteiger partial charge in [0.15, 0.2) is 0 Å². The van der Waals surface area contributed by atoms with E-state index in [1.54, 1.807) is 0 Å². The van der Waals surface area contributed by atoms with Crippen LogP contribution in [0.3, 0.4) is 0 Å². The molecule has 0 spiro atoms. The first-order valence-electron chi connectivity index (χ1n) is 6.77. The van der Waals surface area contributed by atoms with Gasteiger partial charge in [0.05, 0.1) is 0 Å². The van der Waals surface area contributed by atoms with Gasteiger partial charge < -0.3 is 5.32 Å². The van der Waals surface area contributed by atoms with Crippen LogP contribution in [-0.2, 0) is 0 Å². The standard InChI is InChI=1S/C13H24N2/c1-14-7-10-5-6-13(10)15-8-11-3-2-4-12(11)9-15/h10-14H,2-9H2,1H3. The molecule has 2 aliphatic carbocycles. The molecular weight excluding hydrogens is 184 g/mol. The lowest BCUT2D eigenvalue weighted by atomic mass is 9.78. The quantitative estimate of drug-likeness (QED) is 0.759. The topological polar surface area (TPSA) is 15.3 Å². The molecule has 2 saturated carbocycles. The van der Waals surface area contributed by atoms with E-state index in [1.807, 2.05) is 0 Å². The minimum Gasteiger partial charge on any atom is -0.319 e. The molecule has 0 amide bonds. The first-order valence-corrected chi connectivity index (χ1v) is 6.77. The first-order chi connectivity index (χ1) is 7.38. The summed E-state index contributed by atoms with van der Waals surface area (Å²) in [5, 5.41) is 3.35. The third kappa shape index (κ3) is 1.72. The lowest BCUT2D eigenvalue weighted by Crippen LogP contribution is -2.49. The van der Waals surface area contributed by atoms with E-state index in [9.17, 15) is 0 Å². The Labute approximate surface area is 93.4 Å². The summed E-state index contributed by atoms with van der Waals surface area (Å²) in [6.07, 6.45) is 7.46. The SMILES string of the molecule is CNCC1CCC1N1CC2CCCC2C1. The Bertz CT molecular complexity index is 217. The summed E-state index contributed by atoms with van der Waals surface area (Å²) in [5.41, 5.74) is 0. The highest BCUT2D eigenvalue weighted by Crippen LogP contribution is 2.42. The maximum Gasteiger partial charge on any atom is 0.0136 e. The molecule has 2 nitrogen and oxygen atoms in total. The number of hydrogen-bond donors (Lipinski definition) is 1. The highest BCUT2D eigenvalue weighted by Gasteiger charge is 2.43. The van der Waals surface area contributed by atoms with Gasteiger partial charge in [-0.05, 0) is 57.0 Å². The predicted octanol–water partition coefficient (Wildman–Crippen LogP) is 1.72. The van der Waals surface area contributed by atoms with Gasteiger partial charge in [-0.25, -0.2) is 0 Å². The molecule has 3 rings (SSSR count). The molecule has 3 fully saturated rings. The van der Waals surface area contributed by atoms with Crippen molar-refractivity contribution in [2.45, 2.75) is 38.1 Å². The summed E-state index contributed by atoms with van der Waals surface area (Å²) >= 11 is 0. The molecule has 0 aromatic carbocycles. The summed E-state index contributed by atoms with van der Waals surface area (Å²) in [7, 11) is 2.09. The molecule has 0 radical (unpaired) electrons. The Hall–Kier alpha value is -0.0800. The minimum atomic E-state index is 0.933. The second kappa shape index (κ2) is 4.06. The fourth-order valence-corrected chi connectivity index (χ4v) is 4.07. The molecule has 1 aliphatic heterocycles.